The van der Waals surface area contributed by atoms with Gasteiger partial charge in [0.05, 0.1) is 6.54 Å². The molecular weight excluding hydrogens is 254 g/mol. The maximum atomic E-state index is 6.01. The van der Waals surface area contributed by atoms with Crippen molar-refractivity contribution in [1.29, 1.82) is 0 Å². The van der Waals surface area contributed by atoms with Crippen molar-refractivity contribution in [1.82, 2.24) is 20.2 Å². The number of nitrogens with zero attached hydrogens (tertiary/aromatic N) is 4. The molecule has 1 saturated carbocycles. The number of hydrogen-bond donors (Lipinski definition) is 1. The number of tetrazole rings is 1. The van der Waals surface area contributed by atoms with Gasteiger partial charge in [0.1, 0.15) is 0 Å². The minimum atomic E-state index is 0.295. The summed E-state index contributed by atoms with van der Waals surface area (Å²) in [5.74, 6) is 0.742. The molecule has 20 heavy (non-hydrogen) atoms. The molecule has 0 saturated heterocycles. The first-order valence-corrected chi connectivity index (χ1v) is 6.84. The van der Waals surface area contributed by atoms with E-state index in [1.54, 1.807) is 7.11 Å². The predicted molar refractivity (Wildman–Crippen MR) is 75.8 cm³/mol. The first kappa shape index (κ1) is 13.1. The standard InChI is InChI=1S/C14H19N5O/c1-20-9-8-14(6-7-14)10-19-13(16-17-18-19)11-4-2-3-5-12(11)15/h2-5H,6-10,15H2,1H3. The molecule has 0 unspecified atom stereocenters. The number of hydrogen-bond acceptors (Lipinski definition) is 5. The van der Waals surface area contributed by atoms with Crippen LogP contribution in [-0.4, -0.2) is 33.9 Å². The molecule has 0 radical (unpaired) electrons. The Balaban J connectivity index is 1.83. The molecule has 1 aliphatic carbocycles. The smallest absolute Gasteiger partial charge is 0.184 e. The summed E-state index contributed by atoms with van der Waals surface area (Å²) in [4.78, 5) is 0. The van der Waals surface area contributed by atoms with Crippen LogP contribution in [0, 0.1) is 5.41 Å². The van der Waals surface area contributed by atoms with Crippen LogP contribution in [0.5, 0.6) is 0 Å². The minimum absolute atomic E-state index is 0.295. The summed E-state index contributed by atoms with van der Waals surface area (Å²) in [6, 6.07) is 7.68. The van der Waals surface area contributed by atoms with E-state index < -0.39 is 0 Å². The van der Waals surface area contributed by atoms with Gasteiger partial charge in [0.25, 0.3) is 0 Å². The van der Waals surface area contributed by atoms with Crippen molar-refractivity contribution in [2.45, 2.75) is 25.8 Å². The highest BCUT2D eigenvalue weighted by Gasteiger charge is 2.43. The quantitative estimate of drug-likeness (QED) is 0.811. The first-order valence-electron chi connectivity index (χ1n) is 6.84. The SMILES string of the molecule is COCCC1(Cn2nnnc2-c2ccccc2N)CC1. The highest BCUT2D eigenvalue weighted by atomic mass is 16.5. The van der Waals surface area contributed by atoms with Gasteiger partial charge < -0.3 is 10.5 Å². The Labute approximate surface area is 117 Å². The molecule has 2 aromatic rings. The number of rotatable bonds is 6. The molecule has 6 nitrogen and oxygen atoms in total. The van der Waals surface area contributed by atoms with Crippen LogP contribution in [0.1, 0.15) is 19.3 Å². The lowest BCUT2D eigenvalue weighted by Crippen LogP contribution is -2.16. The number of nitrogen functional groups attached to an aromatic ring is 1. The molecule has 0 amide bonds. The third-order valence-electron chi connectivity index (χ3n) is 4.01. The second-order valence-corrected chi connectivity index (χ2v) is 5.49. The van der Waals surface area contributed by atoms with Gasteiger partial charge in [-0.3, -0.25) is 0 Å². The van der Waals surface area contributed by atoms with E-state index in [0.717, 1.165) is 31.0 Å². The van der Waals surface area contributed by atoms with E-state index >= 15 is 0 Å². The fraction of sp³-hybridized carbons (Fsp3) is 0.500. The van der Waals surface area contributed by atoms with Crippen LogP contribution in [0.15, 0.2) is 24.3 Å². The van der Waals surface area contributed by atoms with E-state index in [1.807, 2.05) is 28.9 Å². The average molecular weight is 273 g/mol. The maximum Gasteiger partial charge on any atom is 0.184 e. The van der Waals surface area contributed by atoms with Crippen LogP contribution >= 0.6 is 0 Å². The van der Waals surface area contributed by atoms with Crippen LogP contribution in [0.3, 0.4) is 0 Å². The second-order valence-electron chi connectivity index (χ2n) is 5.49. The summed E-state index contributed by atoms with van der Waals surface area (Å²) in [5.41, 5.74) is 7.89. The molecule has 0 atom stereocenters. The molecule has 6 heteroatoms. The molecular formula is C14H19N5O. The van der Waals surface area contributed by atoms with Crippen molar-refractivity contribution in [3.05, 3.63) is 24.3 Å². The monoisotopic (exact) mass is 273 g/mol. The van der Waals surface area contributed by atoms with Crippen LogP contribution in [-0.2, 0) is 11.3 Å². The lowest BCUT2D eigenvalue weighted by atomic mass is 10.0. The molecule has 3 rings (SSSR count). The fourth-order valence-electron chi connectivity index (χ4n) is 2.50. The summed E-state index contributed by atoms with van der Waals surface area (Å²) < 4.78 is 7.06. The van der Waals surface area contributed by atoms with Crippen molar-refractivity contribution in [2.24, 2.45) is 5.41 Å². The van der Waals surface area contributed by atoms with E-state index in [-0.39, 0.29) is 0 Å². The van der Waals surface area contributed by atoms with E-state index in [1.165, 1.54) is 12.8 Å². The Morgan fingerprint density at radius 3 is 2.85 bits per heavy atom. The zero-order valence-corrected chi connectivity index (χ0v) is 11.6. The van der Waals surface area contributed by atoms with Crippen molar-refractivity contribution < 1.29 is 4.74 Å². The Morgan fingerprint density at radius 2 is 2.15 bits per heavy atom. The highest BCUT2D eigenvalue weighted by molar-refractivity contribution is 5.70. The van der Waals surface area contributed by atoms with Crippen LogP contribution in [0.4, 0.5) is 5.69 Å². The van der Waals surface area contributed by atoms with Crippen molar-refractivity contribution >= 4 is 5.69 Å². The van der Waals surface area contributed by atoms with Gasteiger partial charge in [0.2, 0.25) is 0 Å². The lowest BCUT2D eigenvalue weighted by molar-refractivity contribution is 0.165. The van der Waals surface area contributed by atoms with Crippen LogP contribution in [0.25, 0.3) is 11.4 Å². The highest BCUT2D eigenvalue weighted by Crippen LogP contribution is 2.50. The number of benzene rings is 1. The largest absolute Gasteiger partial charge is 0.398 e. The van der Waals surface area contributed by atoms with Crippen LogP contribution in [0.2, 0.25) is 0 Å². The van der Waals surface area contributed by atoms with Crippen molar-refractivity contribution in [3.8, 4) is 11.4 Å². The van der Waals surface area contributed by atoms with E-state index in [9.17, 15) is 0 Å². The third kappa shape index (κ3) is 2.51. The fourth-order valence-corrected chi connectivity index (χ4v) is 2.50. The van der Waals surface area contributed by atoms with Crippen molar-refractivity contribution in [2.75, 3.05) is 19.5 Å². The predicted octanol–water partition coefficient (Wildman–Crippen LogP) is 1.74. The van der Waals surface area contributed by atoms with E-state index in [4.69, 9.17) is 10.5 Å². The number of methoxy groups -OCH3 is 1. The molecule has 2 N–H and O–H groups in total. The van der Waals surface area contributed by atoms with Gasteiger partial charge in [-0.25, -0.2) is 4.68 Å². The summed E-state index contributed by atoms with van der Waals surface area (Å²) in [5, 5.41) is 12.1. The lowest BCUT2D eigenvalue weighted by Gasteiger charge is -2.15. The zero-order valence-electron chi connectivity index (χ0n) is 11.6. The van der Waals surface area contributed by atoms with Crippen molar-refractivity contribution in [3.63, 3.8) is 0 Å². The second kappa shape index (κ2) is 5.20. The Kier molecular flexibility index (Phi) is 3.40. The summed E-state index contributed by atoms with van der Waals surface area (Å²) in [6.45, 7) is 1.61. The Hall–Kier alpha value is -1.95. The molecule has 0 bridgehead atoms. The number of aromatic nitrogens is 4. The molecule has 1 aromatic heterocycles. The van der Waals surface area contributed by atoms with E-state index in [2.05, 4.69) is 15.5 Å². The third-order valence-corrected chi connectivity index (χ3v) is 4.01. The first-order chi connectivity index (χ1) is 9.74. The van der Waals surface area contributed by atoms with Gasteiger partial charge in [0.15, 0.2) is 5.82 Å². The maximum absolute atomic E-state index is 6.01. The summed E-state index contributed by atoms with van der Waals surface area (Å²) in [6.07, 6.45) is 3.47. The van der Waals surface area contributed by atoms with Gasteiger partial charge in [-0.15, -0.1) is 5.10 Å². The number of anilines is 1. The average Bonchev–Trinajstić information content (AvgIpc) is 3.07. The summed E-state index contributed by atoms with van der Waals surface area (Å²) >= 11 is 0. The van der Waals surface area contributed by atoms with E-state index in [0.29, 0.717) is 11.1 Å². The van der Waals surface area contributed by atoms with Gasteiger partial charge in [-0.2, -0.15) is 0 Å². The molecule has 1 heterocycles. The number of ether oxygens (including phenoxy) is 1. The molecule has 1 fully saturated rings. The molecule has 0 aliphatic heterocycles. The molecule has 1 aliphatic rings. The molecule has 0 spiro atoms. The number of para-hydroxylation sites is 1. The zero-order chi connectivity index (χ0) is 14.0. The van der Waals surface area contributed by atoms with Gasteiger partial charge in [-0.05, 0) is 47.2 Å². The van der Waals surface area contributed by atoms with Gasteiger partial charge >= 0.3 is 0 Å². The van der Waals surface area contributed by atoms with Crippen LogP contribution < -0.4 is 5.73 Å². The van der Waals surface area contributed by atoms with Gasteiger partial charge in [0, 0.05) is 25.0 Å². The topological polar surface area (TPSA) is 78.8 Å². The van der Waals surface area contributed by atoms with Gasteiger partial charge in [-0.1, -0.05) is 12.1 Å². The normalized spacial score (nSPS) is 16.2. The Bertz CT molecular complexity index is 591. The molecule has 1 aromatic carbocycles. The Morgan fingerprint density at radius 1 is 1.35 bits per heavy atom. The number of nitrogens with two attached hydrogens (primary N) is 1. The molecule has 106 valence electrons. The minimum Gasteiger partial charge on any atom is -0.398 e. The summed E-state index contributed by atoms with van der Waals surface area (Å²) in [7, 11) is 1.74.